The fourth-order valence-corrected chi connectivity index (χ4v) is 1.83. The van der Waals surface area contributed by atoms with E-state index in [0.29, 0.717) is 12.6 Å². The Balaban J connectivity index is 0.00000225. The van der Waals surface area contributed by atoms with Gasteiger partial charge in [0.25, 0.3) is 0 Å². The Morgan fingerprint density at radius 1 is 1.44 bits per heavy atom. The van der Waals surface area contributed by atoms with Crippen molar-refractivity contribution in [2.45, 2.75) is 32.8 Å². The van der Waals surface area contributed by atoms with E-state index in [4.69, 9.17) is 4.74 Å². The van der Waals surface area contributed by atoms with E-state index in [2.05, 4.69) is 5.32 Å². The van der Waals surface area contributed by atoms with Gasteiger partial charge in [0.2, 0.25) is 5.91 Å². The maximum Gasteiger partial charge on any atom is 0.236 e. The molecule has 0 bridgehead atoms. The number of halogens is 1. The standard InChI is InChI=1S/C11H22N2O2.ClH/c1-3-13(4-2)11(14)9-12-8-10-6-5-7-15-10;/h10,12H,3-9H2,1-2H3;1H. The van der Waals surface area contributed by atoms with Crippen molar-refractivity contribution < 1.29 is 9.53 Å². The van der Waals surface area contributed by atoms with Crippen molar-refractivity contribution in [1.82, 2.24) is 10.2 Å². The van der Waals surface area contributed by atoms with Gasteiger partial charge < -0.3 is 15.0 Å². The highest BCUT2D eigenvalue weighted by molar-refractivity contribution is 5.85. The van der Waals surface area contributed by atoms with Crippen LogP contribution in [0.3, 0.4) is 0 Å². The molecule has 1 amide bonds. The minimum Gasteiger partial charge on any atom is -0.377 e. The molecule has 0 saturated carbocycles. The summed E-state index contributed by atoms with van der Waals surface area (Å²) in [6.07, 6.45) is 2.58. The zero-order chi connectivity index (χ0) is 11.1. The molecule has 96 valence electrons. The number of ether oxygens (including phenoxy) is 1. The summed E-state index contributed by atoms with van der Waals surface area (Å²) < 4.78 is 5.46. The largest absolute Gasteiger partial charge is 0.377 e. The van der Waals surface area contributed by atoms with Crippen LogP contribution in [0.5, 0.6) is 0 Å². The molecule has 1 rings (SSSR count). The van der Waals surface area contributed by atoms with Crippen LogP contribution in [0.2, 0.25) is 0 Å². The normalized spacial score (nSPS) is 19.2. The molecule has 16 heavy (non-hydrogen) atoms. The number of likely N-dealkylation sites (N-methyl/N-ethyl adjacent to an activating group) is 1. The van der Waals surface area contributed by atoms with Gasteiger partial charge in [-0.05, 0) is 26.7 Å². The topological polar surface area (TPSA) is 41.6 Å². The van der Waals surface area contributed by atoms with E-state index in [-0.39, 0.29) is 18.3 Å². The number of amides is 1. The number of carbonyl (C=O) groups excluding carboxylic acids is 1. The molecule has 0 aliphatic carbocycles. The van der Waals surface area contributed by atoms with Gasteiger partial charge in [-0.25, -0.2) is 0 Å². The number of hydrogen-bond acceptors (Lipinski definition) is 3. The number of nitrogens with zero attached hydrogens (tertiary/aromatic N) is 1. The van der Waals surface area contributed by atoms with Gasteiger partial charge >= 0.3 is 0 Å². The Bertz CT molecular complexity index is 192. The van der Waals surface area contributed by atoms with Crippen LogP contribution in [0, 0.1) is 0 Å². The van der Waals surface area contributed by atoms with Crippen LogP contribution in [0.4, 0.5) is 0 Å². The van der Waals surface area contributed by atoms with Crippen molar-refractivity contribution >= 4 is 18.3 Å². The molecule has 1 atom stereocenters. The van der Waals surface area contributed by atoms with Crippen LogP contribution in [0.15, 0.2) is 0 Å². The molecule has 1 heterocycles. The lowest BCUT2D eigenvalue weighted by atomic mass is 10.2. The SMILES string of the molecule is CCN(CC)C(=O)CNCC1CCCO1.Cl. The molecule has 4 nitrogen and oxygen atoms in total. The lowest BCUT2D eigenvalue weighted by Crippen LogP contribution is -2.40. The molecule has 0 radical (unpaired) electrons. The highest BCUT2D eigenvalue weighted by Gasteiger charge is 2.15. The molecule has 0 aromatic carbocycles. The average Bonchev–Trinajstić information content (AvgIpc) is 2.72. The van der Waals surface area contributed by atoms with E-state index < -0.39 is 0 Å². The van der Waals surface area contributed by atoms with E-state index in [1.165, 1.54) is 0 Å². The minimum atomic E-state index is 0. The summed E-state index contributed by atoms with van der Waals surface area (Å²) in [5, 5.41) is 3.16. The Morgan fingerprint density at radius 3 is 2.62 bits per heavy atom. The Hall–Kier alpha value is -0.320. The molecule has 0 spiro atoms. The van der Waals surface area contributed by atoms with E-state index in [9.17, 15) is 4.79 Å². The molecular formula is C11H23ClN2O2. The van der Waals surface area contributed by atoms with Crippen molar-refractivity contribution in [3.05, 3.63) is 0 Å². The van der Waals surface area contributed by atoms with Crippen molar-refractivity contribution in [1.29, 1.82) is 0 Å². The van der Waals surface area contributed by atoms with E-state index in [1.807, 2.05) is 18.7 Å². The second-order valence-corrected chi connectivity index (χ2v) is 3.83. The van der Waals surface area contributed by atoms with Crippen LogP contribution < -0.4 is 5.32 Å². The van der Waals surface area contributed by atoms with Crippen LogP contribution >= 0.6 is 12.4 Å². The summed E-state index contributed by atoms with van der Waals surface area (Å²) in [4.78, 5) is 13.4. The number of rotatable bonds is 6. The van der Waals surface area contributed by atoms with Gasteiger partial charge in [0.1, 0.15) is 0 Å². The second kappa shape index (κ2) is 8.79. The van der Waals surface area contributed by atoms with Gasteiger partial charge in [0, 0.05) is 26.2 Å². The van der Waals surface area contributed by atoms with Crippen LogP contribution in [0.1, 0.15) is 26.7 Å². The number of nitrogens with one attached hydrogen (secondary N) is 1. The van der Waals surface area contributed by atoms with Crippen LogP contribution in [-0.2, 0) is 9.53 Å². The summed E-state index contributed by atoms with van der Waals surface area (Å²) in [5.41, 5.74) is 0. The molecule has 5 heteroatoms. The first-order chi connectivity index (χ1) is 7.27. The van der Waals surface area contributed by atoms with Gasteiger partial charge in [0.05, 0.1) is 12.6 Å². The number of hydrogen-bond donors (Lipinski definition) is 1. The first-order valence-corrected chi connectivity index (χ1v) is 5.88. The smallest absolute Gasteiger partial charge is 0.236 e. The maximum atomic E-state index is 11.6. The zero-order valence-electron chi connectivity index (χ0n) is 10.2. The molecular weight excluding hydrogens is 228 g/mol. The Labute approximate surface area is 104 Å². The highest BCUT2D eigenvalue weighted by atomic mass is 35.5. The fraction of sp³-hybridized carbons (Fsp3) is 0.909. The van der Waals surface area contributed by atoms with Gasteiger partial charge in [0.15, 0.2) is 0 Å². The van der Waals surface area contributed by atoms with Gasteiger partial charge in [-0.2, -0.15) is 0 Å². The van der Waals surface area contributed by atoms with E-state index in [0.717, 1.165) is 39.1 Å². The fourth-order valence-electron chi connectivity index (χ4n) is 1.83. The summed E-state index contributed by atoms with van der Waals surface area (Å²) in [5.74, 6) is 0.179. The molecule has 1 N–H and O–H groups in total. The second-order valence-electron chi connectivity index (χ2n) is 3.83. The third kappa shape index (κ3) is 5.14. The third-order valence-corrected chi connectivity index (χ3v) is 2.79. The van der Waals surface area contributed by atoms with Crippen molar-refractivity contribution in [3.63, 3.8) is 0 Å². The zero-order valence-corrected chi connectivity index (χ0v) is 11.0. The molecule has 1 aliphatic heterocycles. The third-order valence-electron chi connectivity index (χ3n) is 2.79. The first-order valence-electron chi connectivity index (χ1n) is 5.88. The van der Waals surface area contributed by atoms with Crippen LogP contribution in [-0.4, -0.2) is 49.7 Å². The molecule has 1 fully saturated rings. The summed E-state index contributed by atoms with van der Waals surface area (Å²) in [6.45, 7) is 7.68. The summed E-state index contributed by atoms with van der Waals surface area (Å²) >= 11 is 0. The quantitative estimate of drug-likeness (QED) is 0.766. The Morgan fingerprint density at radius 2 is 2.12 bits per heavy atom. The highest BCUT2D eigenvalue weighted by Crippen LogP contribution is 2.10. The summed E-state index contributed by atoms with van der Waals surface area (Å²) in [7, 11) is 0. The summed E-state index contributed by atoms with van der Waals surface area (Å²) in [6, 6.07) is 0. The average molecular weight is 251 g/mol. The number of carbonyl (C=O) groups is 1. The molecule has 1 unspecified atom stereocenters. The first kappa shape index (κ1) is 15.7. The predicted octanol–water partition coefficient (Wildman–Crippen LogP) is 1.05. The molecule has 0 aromatic rings. The van der Waals surface area contributed by atoms with Gasteiger partial charge in [-0.15, -0.1) is 12.4 Å². The monoisotopic (exact) mass is 250 g/mol. The Kier molecular flexibility index (Phi) is 8.61. The van der Waals surface area contributed by atoms with Crippen molar-refractivity contribution in [2.24, 2.45) is 0 Å². The van der Waals surface area contributed by atoms with Gasteiger partial charge in [-0.1, -0.05) is 0 Å². The van der Waals surface area contributed by atoms with Crippen LogP contribution in [0.25, 0.3) is 0 Å². The van der Waals surface area contributed by atoms with Crippen molar-refractivity contribution in [2.75, 3.05) is 32.8 Å². The van der Waals surface area contributed by atoms with Gasteiger partial charge in [-0.3, -0.25) is 4.79 Å². The predicted molar refractivity (Wildman–Crippen MR) is 67.0 cm³/mol. The lowest BCUT2D eigenvalue weighted by molar-refractivity contribution is -0.129. The maximum absolute atomic E-state index is 11.6. The molecule has 1 aliphatic rings. The molecule has 1 saturated heterocycles. The van der Waals surface area contributed by atoms with Crippen molar-refractivity contribution in [3.8, 4) is 0 Å². The van der Waals surface area contributed by atoms with E-state index in [1.54, 1.807) is 0 Å². The molecule has 0 aromatic heterocycles. The minimum absolute atomic E-state index is 0. The lowest BCUT2D eigenvalue weighted by Gasteiger charge is -2.19. The van der Waals surface area contributed by atoms with E-state index >= 15 is 0 Å².